The summed E-state index contributed by atoms with van der Waals surface area (Å²) >= 11 is 6.64. The summed E-state index contributed by atoms with van der Waals surface area (Å²) in [5.41, 5.74) is 1.28. The molecule has 136 valence electrons. The molecular formula is C19H18Br2N2O3. The normalized spacial score (nSPS) is 10.2. The van der Waals surface area contributed by atoms with Crippen molar-refractivity contribution in [3.05, 3.63) is 63.0 Å². The first-order valence-electron chi connectivity index (χ1n) is 8.05. The molecule has 0 radical (unpaired) electrons. The topological polar surface area (TPSA) is 75.3 Å². The van der Waals surface area contributed by atoms with Crippen LogP contribution in [0.25, 0.3) is 0 Å². The molecule has 0 fully saturated rings. The van der Waals surface area contributed by atoms with Gasteiger partial charge < -0.3 is 10.6 Å². The highest BCUT2D eigenvalue weighted by Gasteiger charge is 2.10. The van der Waals surface area contributed by atoms with Crippen LogP contribution < -0.4 is 10.6 Å². The van der Waals surface area contributed by atoms with Crippen LogP contribution in [-0.2, 0) is 9.59 Å². The Balaban J connectivity index is 1.65. The molecule has 0 saturated carbocycles. The Morgan fingerprint density at radius 1 is 0.731 bits per heavy atom. The van der Waals surface area contributed by atoms with E-state index in [1.165, 1.54) is 0 Å². The van der Waals surface area contributed by atoms with Crippen LogP contribution in [0.2, 0.25) is 0 Å². The van der Waals surface area contributed by atoms with Crippen molar-refractivity contribution in [3.63, 3.8) is 0 Å². The highest BCUT2D eigenvalue weighted by molar-refractivity contribution is 9.10. The van der Waals surface area contributed by atoms with Crippen molar-refractivity contribution in [2.24, 2.45) is 0 Å². The van der Waals surface area contributed by atoms with Crippen molar-refractivity contribution >= 4 is 55.1 Å². The van der Waals surface area contributed by atoms with E-state index in [0.717, 1.165) is 8.95 Å². The van der Waals surface area contributed by atoms with Crippen molar-refractivity contribution < 1.29 is 14.4 Å². The molecule has 0 spiro atoms. The molecule has 0 heterocycles. The van der Waals surface area contributed by atoms with E-state index in [9.17, 15) is 14.4 Å². The molecule has 7 heteroatoms. The minimum atomic E-state index is -0.244. The molecule has 0 unspecified atom stereocenters. The first-order valence-corrected chi connectivity index (χ1v) is 9.63. The second-order valence-corrected chi connectivity index (χ2v) is 7.42. The summed E-state index contributed by atoms with van der Waals surface area (Å²) in [6.07, 6.45) is 0.407. The third kappa shape index (κ3) is 7.09. The van der Waals surface area contributed by atoms with Gasteiger partial charge in [0, 0.05) is 46.0 Å². The largest absolute Gasteiger partial charge is 0.356 e. The van der Waals surface area contributed by atoms with Crippen molar-refractivity contribution in [1.29, 1.82) is 0 Å². The van der Waals surface area contributed by atoms with Crippen LogP contribution >= 0.6 is 31.9 Å². The fraction of sp³-hybridized carbons (Fsp3) is 0.211. The summed E-state index contributed by atoms with van der Waals surface area (Å²) in [7, 11) is 0. The third-order valence-corrected chi connectivity index (χ3v) is 4.60. The highest BCUT2D eigenvalue weighted by atomic mass is 79.9. The summed E-state index contributed by atoms with van der Waals surface area (Å²) < 4.78 is 1.83. The van der Waals surface area contributed by atoms with Crippen LogP contribution in [0.15, 0.2) is 57.5 Å². The molecule has 0 aliphatic rings. The highest BCUT2D eigenvalue weighted by Crippen LogP contribution is 2.14. The Hall–Kier alpha value is -1.99. The van der Waals surface area contributed by atoms with E-state index < -0.39 is 0 Å². The van der Waals surface area contributed by atoms with Crippen LogP contribution in [0.5, 0.6) is 0 Å². The lowest BCUT2D eigenvalue weighted by atomic mass is 10.1. The number of nitrogens with one attached hydrogen (secondary N) is 2. The number of anilines is 1. The number of Topliss-reactive ketones (excluding diaryl/α,β-unsaturated/α-hetero) is 1. The van der Waals surface area contributed by atoms with Crippen LogP contribution in [0, 0.1) is 0 Å². The van der Waals surface area contributed by atoms with Crippen LogP contribution in [0.3, 0.4) is 0 Å². The number of ketones is 1. The van der Waals surface area contributed by atoms with Crippen molar-refractivity contribution in [1.82, 2.24) is 5.32 Å². The number of benzene rings is 2. The smallest absolute Gasteiger partial charge is 0.226 e. The van der Waals surface area contributed by atoms with E-state index in [1.807, 2.05) is 12.1 Å². The number of halogens is 2. The number of hydrogen-bond donors (Lipinski definition) is 2. The van der Waals surface area contributed by atoms with Gasteiger partial charge in [0.05, 0.1) is 0 Å². The van der Waals surface area contributed by atoms with Gasteiger partial charge in [0.2, 0.25) is 11.8 Å². The summed E-state index contributed by atoms with van der Waals surface area (Å²) in [5.74, 6) is -0.508. The fourth-order valence-electron chi connectivity index (χ4n) is 2.17. The number of carbonyl (C=O) groups is 3. The van der Waals surface area contributed by atoms with Crippen LogP contribution in [0.1, 0.15) is 29.6 Å². The van der Waals surface area contributed by atoms with Gasteiger partial charge in [-0.15, -0.1) is 0 Å². The molecule has 2 aromatic carbocycles. The zero-order chi connectivity index (χ0) is 18.9. The van der Waals surface area contributed by atoms with Crippen molar-refractivity contribution in [2.45, 2.75) is 19.3 Å². The van der Waals surface area contributed by atoms with Gasteiger partial charge in [-0.1, -0.05) is 44.0 Å². The quantitative estimate of drug-likeness (QED) is 0.551. The second kappa shape index (κ2) is 10.2. The maximum atomic E-state index is 12.0. The number of carbonyl (C=O) groups excluding carboxylic acids is 3. The minimum Gasteiger partial charge on any atom is -0.356 e. The third-order valence-electron chi connectivity index (χ3n) is 3.55. The summed E-state index contributed by atoms with van der Waals surface area (Å²) in [5, 5.41) is 5.41. The Kier molecular flexibility index (Phi) is 8.00. The van der Waals surface area contributed by atoms with Gasteiger partial charge in [-0.05, 0) is 36.4 Å². The molecule has 5 nitrogen and oxygen atoms in total. The van der Waals surface area contributed by atoms with E-state index in [1.54, 1.807) is 36.4 Å². The Morgan fingerprint density at radius 2 is 1.31 bits per heavy atom. The predicted molar refractivity (Wildman–Crippen MR) is 108 cm³/mol. The van der Waals surface area contributed by atoms with E-state index in [-0.39, 0.29) is 43.4 Å². The number of rotatable bonds is 8. The Morgan fingerprint density at radius 3 is 1.92 bits per heavy atom. The summed E-state index contributed by atoms with van der Waals surface area (Å²) in [6.45, 7) is 0.230. The second-order valence-electron chi connectivity index (χ2n) is 5.59. The van der Waals surface area contributed by atoms with Gasteiger partial charge >= 0.3 is 0 Å². The molecular weight excluding hydrogens is 464 g/mol. The van der Waals surface area contributed by atoms with Gasteiger partial charge in [0.15, 0.2) is 5.78 Å². The van der Waals surface area contributed by atoms with E-state index >= 15 is 0 Å². The first-order chi connectivity index (χ1) is 12.4. The standard InChI is InChI=1S/C19H18Br2N2O3/c20-14-3-1-13(2-4-14)17(24)9-10-18(25)22-12-11-19(26)23-16-7-5-15(21)6-8-16/h1-8H,9-12H2,(H,22,25)(H,23,26). The molecule has 0 aliphatic heterocycles. The van der Waals surface area contributed by atoms with E-state index in [2.05, 4.69) is 42.5 Å². The minimum absolute atomic E-state index is 0.0827. The molecule has 2 N–H and O–H groups in total. The van der Waals surface area contributed by atoms with Gasteiger partial charge in [0.25, 0.3) is 0 Å². The monoisotopic (exact) mass is 480 g/mol. The zero-order valence-electron chi connectivity index (χ0n) is 13.9. The van der Waals surface area contributed by atoms with Crippen LogP contribution in [-0.4, -0.2) is 24.1 Å². The van der Waals surface area contributed by atoms with Gasteiger partial charge in [0.1, 0.15) is 0 Å². The van der Waals surface area contributed by atoms with Gasteiger partial charge in [-0.3, -0.25) is 14.4 Å². The SMILES string of the molecule is O=C(CCC(=O)c1ccc(Br)cc1)NCCC(=O)Nc1ccc(Br)cc1. The molecule has 2 rings (SSSR count). The average Bonchev–Trinajstić information content (AvgIpc) is 2.62. The van der Waals surface area contributed by atoms with Crippen molar-refractivity contribution in [2.75, 3.05) is 11.9 Å². The molecule has 2 amide bonds. The maximum absolute atomic E-state index is 12.0. The molecule has 0 aromatic heterocycles. The Labute approximate surface area is 168 Å². The Bertz CT molecular complexity index is 774. The summed E-state index contributed by atoms with van der Waals surface area (Å²) in [4.78, 5) is 35.6. The first kappa shape index (κ1) is 20.3. The van der Waals surface area contributed by atoms with Gasteiger partial charge in [-0.2, -0.15) is 0 Å². The lowest BCUT2D eigenvalue weighted by Gasteiger charge is -2.07. The van der Waals surface area contributed by atoms with E-state index in [0.29, 0.717) is 11.3 Å². The molecule has 2 aromatic rings. The molecule has 0 aliphatic carbocycles. The molecule has 26 heavy (non-hydrogen) atoms. The van der Waals surface area contributed by atoms with E-state index in [4.69, 9.17) is 0 Å². The molecule has 0 atom stereocenters. The van der Waals surface area contributed by atoms with Gasteiger partial charge in [-0.25, -0.2) is 0 Å². The summed E-state index contributed by atoms with van der Waals surface area (Å²) in [6, 6.07) is 14.3. The lowest BCUT2D eigenvalue weighted by molar-refractivity contribution is -0.121. The van der Waals surface area contributed by atoms with Crippen molar-refractivity contribution in [3.8, 4) is 0 Å². The van der Waals surface area contributed by atoms with Crippen LogP contribution in [0.4, 0.5) is 5.69 Å². The maximum Gasteiger partial charge on any atom is 0.226 e. The molecule has 0 saturated heterocycles. The molecule has 0 bridgehead atoms. The zero-order valence-corrected chi connectivity index (χ0v) is 17.1. The predicted octanol–water partition coefficient (Wildman–Crippen LogP) is 4.32. The fourth-order valence-corrected chi connectivity index (χ4v) is 2.70. The average molecular weight is 482 g/mol. The number of hydrogen-bond acceptors (Lipinski definition) is 3. The number of amides is 2. The lowest BCUT2D eigenvalue weighted by Crippen LogP contribution is -2.27.